The van der Waals surface area contributed by atoms with Crippen molar-refractivity contribution in [2.45, 2.75) is 33.4 Å². The summed E-state index contributed by atoms with van der Waals surface area (Å²) in [6, 6.07) is 2.09. The Morgan fingerprint density at radius 3 is 2.12 bits per heavy atom. The first-order chi connectivity index (χ1) is 6.49. The van der Waals surface area contributed by atoms with Crippen molar-refractivity contribution in [1.29, 1.82) is 0 Å². The van der Waals surface area contributed by atoms with Gasteiger partial charge >= 0.3 is 26.2 Å². The van der Waals surface area contributed by atoms with Crippen molar-refractivity contribution in [2.24, 2.45) is 0 Å². The van der Waals surface area contributed by atoms with Gasteiger partial charge in [-0.05, 0) is 33.0 Å². The molecule has 0 saturated carbocycles. The number of hydrogen-bond donors (Lipinski definition) is 1. The average molecular weight is 372 g/mol. The van der Waals surface area contributed by atoms with Crippen molar-refractivity contribution in [3.05, 3.63) is 28.7 Å². The van der Waals surface area contributed by atoms with Gasteiger partial charge in [-0.1, -0.05) is 11.6 Å². The van der Waals surface area contributed by atoms with Gasteiger partial charge in [0.1, 0.15) is 11.5 Å². The summed E-state index contributed by atoms with van der Waals surface area (Å²) < 4.78 is 5.44. The Bertz CT molecular complexity index is 348. The van der Waals surface area contributed by atoms with E-state index in [-0.39, 0.29) is 51.0 Å². The number of rotatable bonds is 0. The molecule has 0 spiro atoms. The standard InChI is InChI=1S/C9H10O.C2H8OSi.2ClH.Zr/c1-6-3-8-5-7(2)10-9(8)4-6;1-4(2)3;;;/h3,5H,4H2,1-2H3;3-4H,1-2H3;2*1H;/q;;;;+2/p-2. The molecule has 0 aliphatic heterocycles. The van der Waals surface area contributed by atoms with Gasteiger partial charge in [0.2, 0.25) is 0 Å². The Balaban J connectivity index is -0.000000252. The molecule has 96 valence electrons. The summed E-state index contributed by atoms with van der Waals surface area (Å²) >= 11 is 0. The maximum atomic E-state index is 8.19. The number of aryl methyl sites for hydroxylation is 1. The monoisotopic (exact) mass is 370 g/mol. The van der Waals surface area contributed by atoms with E-state index in [4.69, 9.17) is 9.21 Å². The fourth-order valence-corrected chi connectivity index (χ4v) is 1.41. The zero-order valence-electron chi connectivity index (χ0n) is 10.6. The third-order valence-electron chi connectivity index (χ3n) is 1.81. The van der Waals surface area contributed by atoms with Crippen LogP contribution >= 0.6 is 0 Å². The van der Waals surface area contributed by atoms with Crippen LogP contribution in [-0.2, 0) is 32.6 Å². The predicted octanol–water partition coefficient (Wildman–Crippen LogP) is -3.48. The summed E-state index contributed by atoms with van der Waals surface area (Å²) in [7, 11) is -1.14. The smallest absolute Gasteiger partial charge is 1.00 e. The van der Waals surface area contributed by atoms with Gasteiger partial charge in [0.15, 0.2) is 9.04 Å². The Kier molecular flexibility index (Phi) is 14.2. The quantitative estimate of drug-likeness (QED) is 0.480. The van der Waals surface area contributed by atoms with Gasteiger partial charge in [0.25, 0.3) is 0 Å². The second kappa shape index (κ2) is 10.6. The Morgan fingerprint density at radius 2 is 1.71 bits per heavy atom. The van der Waals surface area contributed by atoms with Crippen LogP contribution in [0.5, 0.6) is 0 Å². The normalized spacial score (nSPS) is 11.1. The Hall–Kier alpha value is 0.660. The molecular formula is C11H18Cl2O2SiZr. The number of fused-ring (bicyclic) bond motifs is 1. The first kappa shape index (κ1) is 22.8. The van der Waals surface area contributed by atoms with Gasteiger partial charge in [-0.15, -0.1) is 0 Å². The van der Waals surface area contributed by atoms with Gasteiger partial charge in [0, 0.05) is 12.0 Å². The van der Waals surface area contributed by atoms with Gasteiger partial charge in [-0.3, -0.25) is 0 Å². The fourth-order valence-electron chi connectivity index (χ4n) is 1.41. The van der Waals surface area contributed by atoms with Crippen molar-refractivity contribution in [3.63, 3.8) is 0 Å². The molecule has 17 heavy (non-hydrogen) atoms. The van der Waals surface area contributed by atoms with E-state index in [0.29, 0.717) is 0 Å². The van der Waals surface area contributed by atoms with Gasteiger partial charge in [-0.25, -0.2) is 0 Å². The summed E-state index contributed by atoms with van der Waals surface area (Å²) in [5, 5.41) is 0. The van der Waals surface area contributed by atoms with E-state index in [1.165, 1.54) is 11.1 Å². The molecule has 1 aromatic heterocycles. The molecule has 2 rings (SSSR count). The van der Waals surface area contributed by atoms with Crippen LogP contribution in [0.2, 0.25) is 13.1 Å². The molecule has 0 aromatic carbocycles. The van der Waals surface area contributed by atoms with E-state index < -0.39 is 9.04 Å². The van der Waals surface area contributed by atoms with Crippen LogP contribution in [-0.4, -0.2) is 13.8 Å². The molecule has 2 nitrogen and oxygen atoms in total. The summed E-state index contributed by atoms with van der Waals surface area (Å²) in [5.74, 6) is 2.16. The first-order valence-electron chi connectivity index (χ1n) is 4.93. The van der Waals surface area contributed by atoms with E-state index >= 15 is 0 Å². The van der Waals surface area contributed by atoms with Crippen LogP contribution in [0.4, 0.5) is 0 Å². The van der Waals surface area contributed by atoms with Gasteiger partial charge in [-0.2, -0.15) is 0 Å². The van der Waals surface area contributed by atoms with Crippen LogP contribution in [0.15, 0.2) is 16.1 Å². The third kappa shape index (κ3) is 8.39. The average Bonchev–Trinajstić information content (AvgIpc) is 2.41. The van der Waals surface area contributed by atoms with E-state index in [1.807, 2.05) is 20.0 Å². The molecule has 0 radical (unpaired) electrons. The van der Waals surface area contributed by atoms with E-state index in [0.717, 1.165) is 17.9 Å². The molecule has 1 aliphatic rings. The summed E-state index contributed by atoms with van der Waals surface area (Å²) in [6.07, 6.45) is 3.19. The fraction of sp³-hybridized carbons (Fsp3) is 0.455. The van der Waals surface area contributed by atoms with E-state index in [9.17, 15) is 0 Å². The molecule has 6 heteroatoms. The molecule has 1 heterocycles. The van der Waals surface area contributed by atoms with Crippen LogP contribution in [0.1, 0.15) is 24.0 Å². The van der Waals surface area contributed by atoms with Crippen molar-refractivity contribution in [3.8, 4) is 0 Å². The van der Waals surface area contributed by atoms with Crippen molar-refractivity contribution < 1.29 is 60.2 Å². The summed E-state index contributed by atoms with van der Waals surface area (Å²) in [5.41, 5.74) is 2.67. The van der Waals surface area contributed by atoms with Crippen LogP contribution in [0.25, 0.3) is 6.08 Å². The molecule has 0 fully saturated rings. The van der Waals surface area contributed by atoms with Crippen molar-refractivity contribution in [2.75, 3.05) is 0 Å². The third-order valence-corrected chi connectivity index (χ3v) is 1.81. The molecule has 1 aliphatic carbocycles. The minimum Gasteiger partial charge on any atom is -1.00 e. The molecule has 0 bridgehead atoms. The SMILES string of the molecule is CC1=Cc2cc(C)oc2C1.C[SiH](C)O.[Cl-].[Cl-].[Zr+2]. The van der Waals surface area contributed by atoms with Crippen molar-refractivity contribution >= 4 is 15.1 Å². The minimum absolute atomic E-state index is 0. The molecule has 0 atom stereocenters. The summed E-state index contributed by atoms with van der Waals surface area (Å²) in [4.78, 5) is 8.19. The number of halogens is 2. The number of furan rings is 1. The van der Waals surface area contributed by atoms with Gasteiger partial charge in [0.05, 0.1) is 0 Å². The zero-order valence-corrected chi connectivity index (χ0v) is 15.7. The zero-order chi connectivity index (χ0) is 10.7. The molecule has 1 aromatic rings. The van der Waals surface area contributed by atoms with Crippen LogP contribution in [0, 0.1) is 6.92 Å². The molecule has 0 unspecified atom stereocenters. The molecule has 0 saturated heterocycles. The minimum atomic E-state index is -1.14. The maximum Gasteiger partial charge on any atom is 2.00 e. The van der Waals surface area contributed by atoms with Crippen LogP contribution in [0.3, 0.4) is 0 Å². The Labute approximate surface area is 137 Å². The largest absolute Gasteiger partial charge is 2.00 e. The Morgan fingerprint density at radius 1 is 1.24 bits per heavy atom. The molecule has 1 N–H and O–H groups in total. The van der Waals surface area contributed by atoms with E-state index in [2.05, 4.69) is 19.1 Å². The number of hydrogen-bond acceptors (Lipinski definition) is 2. The van der Waals surface area contributed by atoms with E-state index in [1.54, 1.807) is 0 Å². The summed E-state index contributed by atoms with van der Waals surface area (Å²) in [6.45, 7) is 7.84. The molecule has 0 amide bonds. The van der Waals surface area contributed by atoms with Crippen LogP contribution < -0.4 is 24.8 Å². The number of allylic oxidation sites excluding steroid dienone is 1. The van der Waals surface area contributed by atoms with Crippen molar-refractivity contribution in [1.82, 2.24) is 0 Å². The first-order valence-corrected chi connectivity index (χ1v) is 7.76. The second-order valence-electron chi connectivity index (χ2n) is 4.00. The predicted molar refractivity (Wildman–Crippen MR) is 61.9 cm³/mol. The maximum absolute atomic E-state index is 8.19. The second-order valence-corrected chi connectivity index (χ2v) is 6.18. The van der Waals surface area contributed by atoms with Gasteiger partial charge < -0.3 is 34.0 Å². The topological polar surface area (TPSA) is 33.4 Å². The molecular weight excluding hydrogens is 354 g/mol.